The molecule has 1 atom stereocenters. The van der Waals surface area contributed by atoms with E-state index in [1.807, 2.05) is 6.92 Å². The standard InChI is InChI=1S/C10H13BrN2O3/c1-7(6-14)12-5-8-2-3-9(11)10(4-8)13(15)16/h2-4,7,12,14H,5-6H2,1H3. The van der Waals surface area contributed by atoms with Crippen molar-refractivity contribution in [1.82, 2.24) is 5.32 Å². The Morgan fingerprint density at radius 1 is 1.62 bits per heavy atom. The molecule has 0 amide bonds. The van der Waals surface area contributed by atoms with E-state index in [1.165, 1.54) is 6.07 Å². The maximum Gasteiger partial charge on any atom is 0.283 e. The van der Waals surface area contributed by atoms with Crippen LogP contribution in [0.2, 0.25) is 0 Å². The van der Waals surface area contributed by atoms with Gasteiger partial charge in [0.25, 0.3) is 5.69 Å². The number of hydrogen-bond acceptors (Lipinski definition) is 4. The van der Waals surface area contributed by atoms with E-state index in [9.17, 15) is 10.1 Å². The number of nitrogens with zero attached hydrogens (tertiary/aromatic N) is 1. The maximum atomic E-state index is 10.7. The van der Waals surface area contributed by atoms with E-state index >= 15 is 0 Å². The molecule has 88 valence electrons. The lowest BCUT2D eigenvalue weighted by atomic mass is 10.2. The first-order valence-corrected chi connectivity index (χ1v) is 5.61. The number of hydrogen-bond donors (Lipinski definition) is 2. The first kappa shape index (κ1) is 13.1. The Morgan fingerprint density at radius 2 is 2.31 bits per heavy atom. The summed E-state index contributed by atoms with van der Waals surface area (Å²) in [5, 5.41) is 22.6. The number of nitrogens with one attached hydrogen (secondary N) is 1. The molecule has 0 radical (unpaired) electrons. The number of halogens is 1. The number of nitro groups is 1. The summed E-state index contributed by atoms with van der Waals surface area (Å²) in [4.78, 5) is 10.3. The van der Waals surface area contributed by atoms with Gasteiger partial charge in [-0.2, -0.15) is 0 Å². The second-order valence-electron chi connectivity index (χ2n) is 3.51. The summed E-state index contributed by atoms with van der Waals surface area (Å²) in [7, 11) is 0. The molecule has 6 heteroatoms. The molecule has 0 aromatic heterocycles. The Bertz CT molecular complexity index is 384. The van der Waals surface area contributed by atoms with Gasteiger partial charge < -0.3 is 10.4 Å². The van der Waals surface area contributed by atoms with Gasteiger partial charge in [0.1, 0.15) is 0 Å². The molecule has 0 aliphatic rings. The van der Waals surface area contributed by atoms with Gasteiger partial charge in [0, 0.05) is 18.7 Å². The fraction of sp³-hybridized carbons (Fsp3) is 0.400. The zero-order valence-corrected chi connectivity index (χ0v) is 10.4. The lowest BCUT2D eigenvalue weighted by Gasteiger charge is -2.10. The molecular formula is C10H13BrN2O3. The van der Waals surface area contributed by atoms with Crippen molar-refractivity contribution in [3.63, 3.8) is 0 Å². The smallest absolute Gasteiger partial charge is 0.283 e. The summed E-state index contributed by atoms with van der Waals surface area (Å²) in [5.41, 5.74) is 0.867. The van der Waals surface area contributed by atoms with Crippen molar-refractivity contribution in [3.8, 4) is 0 Å². The van der Waals surface area contributed by atoms with Gasteiger partial charge in [-0.15, -0.1) is 0 Å². The lowest BCUT2D eigenvalue weighted by molar-refractivity contribution is -0.385. The molecule has 1 aromatic rings. The Balaban J connectivity index is 2.75. The second-order valence-corrected chi connectivity index (χ2v) is 4.36. The Morgan fingerprint density at radius 3 is 2.88 bits per heavy atom. The summed E-state index contributed by atoms with van der Waals surface area (Å²) < 4.78 is 0.469. The van der Waals surface area contributed by atoms with Crippen LogP contribution in [0.5, 0.6) is 0 Å². The van der Waals surface area contributed by atoms with Gasteiger partial charge in [0.2, 0.25) is 0 Å². The summed E-state index contributed by atoms with van der Waals surface area (Å²) in [5.74, 6) is 0. The summed E-state index contributed by atoms with van der Waals surface area (Å²) >= 11 is 3.12. The second kappa shape index (κ2) is 5.93. The van der Waals surface area contributed by atoms with E-state index in [0.717, 1.165) is 5.56 Å². The number of aliphatic hydroxyl groups excluding tert-OH is 1. The van der Waals surface area contributed by atoms with Gasteiger partial charge in [0.05, 0.1) is 16.0 Å². The van der Waals surface area contributed by atoms with Gasteiger partial charge in [-0.3, -0.25) is 10.1 Å². The zero-order chi connectivity index (χ0) is 12.1. The van der Waals surface area contributed by atoms with Crippen molar-refractivity contribution in [2.24, 2.45) is 0 Å². The van der Waals surface area contributed by atoms with Crippen LogP contribution in [-0.4, -0.2) is 22.7 Å². The van der Waals surface area contributed by atoms with Crippen LogP contribution in [0.15, 0.2) is 22.7 Å². The predicted molar refractivity (Wildman–Crippen MR) is 64.2 cm³/mol. The largest absolute Gasteiger partial charge is 0.395 e. The van der Waals surface area contributed by atoms with Crippen LogP contribution in [0.3, 0.4) is 0 Å². The molecule has 16 heavy (non-hydrogen) atoms. The minimum atomic E-state index is -0.428. The average Bonchev–Trinajstić information content (AvgIpc) is 2.27. The third kappa shape index (κ3) is 3.55. The van der Waals surface area contributed by atoms with Crippen LogP contribution in [0.1, 0.15) is 12.5 Å². The zero-order valence-electron chi connectivity index (χ0n) is 8.81. The molecule has 0 aliphatic carbocycles. The fourth-order valence-corrected chi connectivity index (χ4v) is 1.56. The van der Waals surface area contributed by atoms with E-state index in [4.69, 9.17) is 5.11 Å². The van der Waals surface area contributed by atoms with Crippen LogP contribution < -0.4 is 5.32 Å². The maximum absolute atomic E-state index is 10.7. The van der Waals surface area contributed by atoms with Gasteiger partial charge in [-0.05, 0) is 34.5 Å². The van der Waals surface area contributed by atoms with Crippen molar-refractivity contribution in [2.45, 2.75) is 19.5 Å². The molecule has 0 saturated heterocycles. The van der Waals surface area contributed by atoms with Crippen molar-refractivity contribution in [3.05, 3.63) is 38.3 Å². The predicted octanol–water partition coefficient (Wildman–Crippen LogP) is 1.83. The molecule has 0 heterocycles. The molecule has 0 saturated carbocycles. The molecule has 1 aromatic carbocycles. The van der Waals surface area contributed by atoms with Crippen molar-refractivity contribution >= 4 is 21.6 Å². The molecule has 0 bridgehead atoms. The van der Waals surface area contributed by atoms with Gasteiger partial charge >= 0.3 is 0 Å². The van der Waals surface area contributed by atoms with Gasteiger partial charge in [0.15, 0.2) is 0 Å². The highest BCUT2D eigenvalue weighted by Crippen LogP contribution is 2.25. The number of aliphatic hydroxyl groups is 1. The minimum Gasteiger partial charge on any atom is -0.395 e. The van der Waals surface area contributed by atoms with Crippen molar-refractivity contribution in [2.75, 3.05) is 6.61 Å². The first-order valence-electron chi connectivity index (χ1n) is 4.81. The Labute approximate surface area is 102 Å². The van der Waals surface area contributed by atoms with Crippen LogP contribution in [-0.2, 0) is 6.54 Å². The molecule has 2 N–H and O–H groups in total. The first-order chi connectivity index (χ1) is 7.54. The van der Waals surface area contributed by atoms with E-state index in [0.29, 0.717) is 11.0 Å². The highest BCUT2D eigenvalue weighted by atomic mass is 79.9. The number of rotatable bonds is 5. The van der Waals surface area contributed by atoms with Crippen LogP contribution in [0, 0.1) is 10.1 Å². The minimum absolute atomic E-state index is 0.0253. The third-order valence-electron chi connectivity index (χ3n) is 2.14. The SMILES string of the molecule is CC(CO)NCc1ccc(Br)c([N+](=O)[O-])c1. The Hall–Kier alpha value is -0.980. The highest BCUT2D eigenvalue weighted by molar-refractivity contribution is 9.10. The molecule has 0 fully saturated rings. The van der Waals surface area contributed by atoms with Crippen molar-refractivity contribution < 1.29 is 10.0 Å². The number of nitro benzene ring substituents is 1. The van der Waals surface area contributed by atoms with E-state index in [-0.39, 0.29) is 18.3 Å². The summed E-state index contributed by atoms with van der Waals surface area (Å²) in [6, 6.07) is 4.94. The normalized spacial score (nSPS) is 12.4. The lowest BCUT2D eigenvalue weighted by Crippen LogP contribution is -2.28. The molecule has 5 nitrogen and oxygen atoms in total. The van der Waals surface area contributed by atoms with Gasteiger partial charge in [-0.25, -0.2) is 0 Å². The van der Waals surface area contributed by atoms with Crippen LogP contribution >= 0.6 is 15.9 Å². The quantitative estimate of drug-likeness (QED) is 0.640. The molecule has 1 rings (SSSR count). The van der Waals surface area contributed by atoms with Crippen LogP contribution in [0.4, 0.5) is 5.69 Å². The van der Waals surface area contributed by atoms with Crippen LogP contribution in [0.25, 0.3) is 0 Å². The highest BCUT2D eigenvalue weighted by Gasteiger charge is 2.12. The fourth-order valence-electron chi connectivity index (χ4n) is 1.16. The van der Waals surface area contributed by atoms with E-state index in [1.54, 1.807) is 12.1 Å². The molecule has 1 unspecified atom stereocenters. The van der Waals surface area contributed by atoms with E-state index in [2.05, 4.69) is 21.2 Å². The monoisotopic (exact) mass is 288 g/mol. The average molecular weight is 289 g/mol. The van der Waals surface area contributed by atoms with Gasteiger partial charge in [-0.1, -0.05) is 6.07 Å². The molecule has 0 spiro atoms. The topological polar surface area (TPSA) is 75.4 Å². The molecule has 0 aliphatic heterocycles. The number of benzene rings is 1. The molecular weight excluding hydrogens is 276 g/mol. The summed E-state index contributed by atoms with van der Waals surface area (Å²) in [6.07, 6.45) is 0. The van der Waals surface area contributed by atoms with E-state index < -0.39 is 4.92 Å². The summed E-state index contributed by atoms with van der Waals surface area (Å²) in [6.45, 7) is 2.38. The van der Waals surface area contributed by atoms with Crippen molar-refractivity contribution in [1.29, 1.82) is 0 Å². The third-order valence-corrected chi connectivity index (χ3v) is 2.81. The Kier molecular flexibility index (Phi) is 4.85.